The average molecular weight is 278 g/mol. The second-order valence-electron chi connectivity index (χ2n) is 4.23. The van der Waals surface area contributed by atoms with Crippen molar-refractivity contribution in [2.45, 2.75) is 26.4 Å². The molecule has 17 heavy (non-hydrogen) atoms. The van der Waals surface area contributed by atoms with Gasteiger partial charge in [-0.15, -0.1) is 11.3 Å². The number of carbonyl (C=O) groups excluding carboxylic acids is 1. The number of halogens is 1. The van der Waals surface area contributed by atoms with Crippen LogP contribution in [0.5, 0.6) is 0 Å². The maximum atomic E-state index is 11.4. The van der Waals surface area contributed by atoms with Crippen LogP contribution in [0.25, 0.3) is 0 Å². The molecule has 0 aromatic carbocycles. The first kappa shape index (κ1) is 13.8. The molecule has 7 heteroatoms. The Morgan fingerprint density at radius 3 is 2.47 bits per heavy atom. The molecule has 1 heterocycles. The summed E-state index contributed by atoms with van der Waals surface area (Å²) in [5, 5.41) is 11.1. The summed E-state index contributed by atoms with van der Waals surface area (Å²) < 4.78 is 5.22. The number of ether oxygens (including phenoxy) is 1. The molecule has 0 aliphatic heterocycles. The maximum absolute atomic E-state index is 11.4. The minimum absolute atomic E-state index is 0.0565. The van der Waals surface area contributed by atoms with Crippen LogP contribution in [0.2, 0.25) is 4.34 Å². The smallest absolute Gasteiger partial charge is 0.412 e. The van der Waals surface area contributed by atoms with E-state index >= 15 is 0 Å². The number of rotatable bonds is 2. The summed E-state index contributed by atoms with van der Waals surface area (Å²) in [6, 6.07) is 1.29. The van der Waals surface area contributed by atoms with Gasteiger partial charge in [-0.05, 0) is 26.8 Å². The number of carbonyl (C=O) groups is 2. The summed E-state index contributed by atoms with van der Waals surface area (Å²) in [6.07, 6.45) is -0.672. The first-order chi connectivity index (χ1) is 7.69. The topological polar surface area (TPSA) is 75.6 Å². The Balaban J connectivity index is 2.75. The number of aromatic carboxylic acids is 1. The lowest BCUT2D eigenvalue weighted by Gasteiger charge is -2.19. The molecular formula is C10H12ClNO4S. The van der Waals surface area contributed by atoms with Crippen LogP contribution in [0.1, 0.15) is 30.4 Å². The van der Waals surface area contributed by atoms with E-state index < -0.39 is 17.7 Å². The minimum Gasteiger partial charge on any atom is -0.477 e. The highest BCUT2D eigenvalue weighted by Crippen LogP contribution is 2.32. The molecule has 0 aliphatic rings. The molecule has 0 atom stereocenters. The third kappa shape index (κ3) is 4.24. The number of thiophene rings is 1. The third-order valence-electron chi connectivity index (χ3n) is 1.53. The molecule has 94 valence electrons. The molecule has 1 rings (SSSR count). The fourth-order valence-corrected chi connectivity index (χ4v) is 2.00. The van der Waals surface area contributed by atoms with Crippen LogP contribution in [-0.4, -0.2) is 22.8 Å². The lowest BCUT2D eigenvalue weighted by atomic mass is 10.2. The van der Waals surface area contributed by atoms with Gasteiger partial charge in [0.15, 0.2) is 0 Å². The fraction of sp³-hybridized carbons (Fsp3) is 0.400. The molecule has 0 bridgehead atoms. The lowest BCUT2D eigenvalue weighted by molar-refractivity contribution is 0.0633. The van der Waals surface area contributed by atoms with Crippen molar-refractivity contribution >= 4 is 40.7 Å². The molecule has 2 N–H and O–H groups in total. The quantitative estimate of drug-likeness (QED) is 0.868. The van der Waals surface area contributed by atoms with E-state index in [1.807, 2.05) is 0 Å². The Bertz CT molecular complexity index is 450. The van der Waals surface area contributed by atoms with E-state index in [0.29, 0.717) is 0 Å². The Labute approximate surface area is 107 Å². The molecule has 0 radical (unpaired) electrons. The van der Waals surface area contributed by atoms with Crippen LogP contribution in [0.4, 0.5) is 10.5 Å². The summed E-state index contributed by atoms with van der Waals surface area (Å²) in [5.41, 5.74) is -0.384. The zero-order chi connectivity index (χ0) is 13.2. The van der Waals surface area contributed by atoms with Crippen molar-refractivity contribution in [2.24, 2.45) is 0 Å². The monoisotopic (exact) mass is 277 g/mol. The minimum atomic E-state index is -1.09. The van der Waals surface area contributed by atoms with Gasteiger partial charge in [0.05, 0.1) is 5.69 Å². The van der Waals surface area contributed by atoms with E-state index in [1.165, 1.54) is 6.07 Å². The number of nitrogens with one attached hydrogen (secondary N) is 1. The van der Waals surface area contributed by atoms with Gasteiger partial charge in [-0.2, -0.15) is 0 Å². The van der Waals surface area contributed by atoms with Crippen molar-refractivity contribution in [1.29, 1.82) is 0 Å². The number of hydrogen-bond acceptors (Lipinski definition) is 4. The van der Waals surface area contributed by atoms with Crippen molar-refractivity contribution in [3.05, 3.63) is 15.3 Å². The number of amides is 1. The van der Waals surface area contributed by atoms with E-state index in [4.69, 9.17) is 21.4 Å². The maximum Gasteiger partial charge on any atom is 0.412 e. The Kier molecular flexibility index (Phi) is 4.00. The number of carboxylic acid groups (broad SMARTS) is 1. The summed E-state index contributed by atoms with van der Waals surface area (Å²) in [6.45, 7) is 5.18. The van der Waals surface area contributed by atoms with Gasteiger partial charge in [-0.25, -0.2) is 9.59 Å². The summed E-state index contributed by atoms with van der Waals surface area (Å²) in [4.78, 5) is 22.2. The van der Waals surface area contributed by atoms with E-state index in [1.54, 1.807) is 20.8 Å². The van der Waals surface area contributed by atoms with Crippen molar-refractivity contribution in [1.82, 2.24) is 0 Å². The predicted molar refractivity (Wildman–Crippen MR) is 66.1 cm³/mol. The molecule has 0 saturated heterocycles. The van der Waals surface area contributed by atoms with Gasteiger partial charge in [-0.1, -0.05) is 11.6 Å². The molecule has 5 nitrogen and oxygen atoms in total. The molecule has 0 spiro atoms. The van der Waals surface area contributed by atoms with E-state index in [2.05, 4.69) is 5.32 Å². The molecule has 0 fully saturated rings. The first-order valence-electron chi connectivity index (χ1n) is 4.71. The van der Waals surface area contributed by atoms with Crippen LogP contribution in [0.15, 0.2) is 6.07 Å². The van der Waals surface area contributed by atoms with Gasteiger partial charge in [0, 0.05) is 0 Å². The van der Waals surface area contributed by atoms with E-state index in [0.717, 1.165) is 11.3 Å². The van der Waals surface area contributed by atoms with Gasteiger partial charge >= 0.3 is 12.1 Å². The average Bonchev–Trinajstić information content (AvgIpc) is 2.44. The highest BCUT2D eigenvalue weighted by molar-refractivity contribution is 7.18. The van der Waals surface area contributed by atoms with Gasteiger partial charge in [0.25, 0.3) is 0 Å². The highest BCUT2D eigenvalue weighted by Gasteiger charge is 2.19. The Hall–Kier alpha value is -1.27. The summed E-state index contributed by atoms with van der Waals surface area (Å²) in [7, 11) is 0. The summed E-state index contributed by atoms with van der Waals surface area (Å²) >= 11 is 6.67. The zero-order valence-corrected chi connectivity index (χ0v) is 11.1. The molecule has 1 amide bonds. The molecular weight excluding hydrogens is 266 g/mol. The SMILES string of the molecule is CC(C)(C)OC(=O)Nc1cc(C(=O)O)sc1Cl. The van der Waals surface area contributed by atoms with Crippen LogP contribution < -0.4 is 5.32 Å². The largest absolute Gasteiger partial charge is 0.477 e. The first-order valence-corrected chi connectivity index (χ1v) is 5.91. The molecule has 1 aromatic heterocycles. The zero-order valence-electron chi connectivity index (χ0n) is 9.54. The van der Waals surface area contributed by atoms with Crippen LogP contribution in [0, 0.1) is 0 Å². The lowest BCUT2D eigenvalue weighted by Crippen LogP contribution is -2.27. The van der Waals surface area contributed by atoms with Crippen molar-refractivity contribution in [3.8, 4) is 0 Å². The van der Waals surface area contributed by atoms with Gasteiger partial charge < -0.3 is 9.84 Å². The van der Waals surface area contributed by atoms with Crippen molar-refractivity contribution in [3.63, 3.8) is 0 Å². The third-order valence-corrected chi connectivity index (χ3v) is 2.88. The normalized spacial score (nSPS) is 11.1. The summed E-state index contributed by atoms with van der Waals surface area (Å²) in [5.74, 6) is -1.09. The number of hydrogen-bond donors (Lipinski definition) is 2. The van der Waals surface area contributed by atoms with E-state index in [-0.39, 0.29) is 14.9 Å². The Morgan fingerprint density at radius 2 is 2.06 bits per heavy atom. The van der Waals surface area contributed by atoms with Crippen LogP contribution in [-0.2, 0) is 4.74 Å². The molecule has 0 saturated carbocycles. The van der Waals surface area contributed by atoms with Gasteiger partial charge in [-0.3, -0.25) is 5.32 Å². The number of anilines is 1. The fourth-order valence-electron chi connectivity index (χ4n) is 0.973. The van der Waals surface area contributed by atoms with Crippen LogP contribution >= 0.6 is 22.9 Å². The predicted octanol–water partition coefficient (Wildman–Crippen LogP) is 3.45. The molecule has 0 unspecified atom stereocenters. The second-order valence-corrected chi connectivity index (χ2v) is 5.88. The second kappa shape index (κ2) is 4.93. The van der Waals surface area contributed by atoms with Gasteiger partial charge in [0.1, 0.15) is 14.8 Å². The van der Waals surface area contributed by atoms with Crippen molar-refractivity contribution < 1.29 is 19.4 Å². The molecule has 1 aromatic rings. The van der Waals surface area contributed by atoms with Crippen molar-refractivity contribution in [2.75, 3.05) is 5.32 Å². The Morgan fingerprint density at radius 1 is 1.47 bits per heavy atom. The van der Waals surface area contributed by atoms with E-state index in [9.17, 15) is 9.59 Å². The standard InChI is InChI=1S/C10H12ClNO4S/c1-10(2,3)16-9(15)12-5-4-6(8(13)14)17-7(5)11/h4H,1-3H3,(H,12,15)(H,13,14). The number of carboxylic acids is 1. The highest BCUT2D eigenvalue weighted by atomic mass is 35.5. The van der Waals surface area contributed by atoms with Crippen LogP contribution in [0.3, 0.4) is 0 Å². The molecule has 0 aliphatic carbocycles. The van der Waals surface area contributed by atoms with Gasteiger partial charge in [0.2, 0.25) is 0 Å².